The Hall–Kier alpha value is -4.63. The number of rotatable bonds is 7. The molecule has 0 saturated carbocycles. The Morgan fingerprint density at radius 1 is 0.946 bits per heavy atom. The largest absolute Gasteiger partial charge is 0.491 e. The molecule has 0 aliphatic rings. The van der Waals surface area contributed by atoms with Crippen LogP contribution in [0.15, 0.2) is 73.2 Å². The number of ether oxygens (including phenoxy) is 1. The third-order valence-corrected chi connectivity index (χ3v) is 6.17. The first-order chi connectivity index (χ1) is 18.1. The number of benzene rings is 2. The highest BCUT2D eigenvalue weighted by Crippen LogP contribution is 2.33. The number of H-pyrrole nitrogens is 2. The molecular formula is C28H24FN7O. The number of nitrogens with zero attached hydrogens (tertiary/aromatic N) is 5. The monoisotopic (exact) mass is 493 g/mol. The number of likely N-dealkylation sites (N-methyl/N-ethyl adjacent to an activating group) is 1. The van der Waals surface area contributed by atoms with Gasteiger partial charge in [-0.25, -0.2) is 9.37 Å². The van der Waals surface area contributed by atoms with Gasteiger partial charge in [-0.15, -0.1) is 0 Å². The summed E-state index contributed by atoms with van der Waals surface area (Å²) >= 11 is 0. The van der Waals surface area contributed by atoms with Gasteiger partial charge in [0.05, 0.1) is 17.2 Å². The number of aromatic nitrogens is 6. The minimum Gasteiger partial charge on any atom is -0.491 e. The van der Waals surface area contributed by atoms with Crippen LogP contribution >= 0.6 is 0 Å². The zero-order valence-corrected chi connectivity index (χ0v) is 20.4. The quantitative estimate of drug-likeness (QED) is 0.313. The summed E-state index contributed by atoms with van der Waals surface area (Å²) in [6.45, 7) is 1.40. The summed E-state index contributed by atoms with van der Waals surface area (Å²) in [6.07, 6.45) is 5.18. The molecule has 0 amide bonds. The molecule has 184 valence electrons. The molecule has 8 nitrogen and oxygen atoms in total. The molecule has 0 fully saturated rings. The van der Waals surface area contributed by atoms with Crippen molar-refractivity contribution < 1.29 is 9.13 Å². The molecule has 0 spiro atoms. The van der Waals surface area contributed by atoms with Gasteiger partial charge >= 0.3 is 0 Å². The van der Waals surface area contributed by atoms with Gasteiger partial charge in [0, 0.05) is 35.5 Å². The number of fused-ring (bicyclic) bond motifs is 2. The highest BCUT2D eigenvalue weighted by Gasteiger charge is 2.17. The predicted molar refractivity (Wildman–Crippen MR) is 142 cm³/mol. The van der Waals surface area contributed by atoms with Crippen LogP contribution in [-0.4, -0.2) is 62.3 Å². The Kier molecular flexibility index (Phi) is 5.82. The van der Waals surface area contributed by atoms with E-state index >= 15 is 0 Å². The Bertz CT molecular complexity index is 1720. The molecule has 0 aliphatic carbocycles. The van der Waals surface area contributed by atoms with E-state index in [0.29, 0.717) is 34.9 Å². The first-order valence-electron chi connectivity index (χ1n) is 11.9. The minimum atomic E-state index is -0.344. The third kappa shape index (κ3) is 4.41. The van der Waals surface area contributed by atoms with Crippen LogP contribution in [0.4, 0.5) is 4.39 Å². The summed E-state index contributed by atoms with van der Waals surface area (Å²) < 4.78 is 20.4. The van der Waals surface area contributed by atoms with E-state index in [4.69, 9.17) is 9.72 Å². The van der Waals surface area contributed by atoms with E-state index in [-0.39, 0.29) is 5.82 Å². The number of hydrogen-bond donors (Lipinski definition) is 2. The van der Waals surface area contributed by atoms with Crippen LogP contribution < -0.4 is 4.74 Å². The van der Waals surface area contributed by atoms with E-state index in [9.17, 15) is 4.39 Å². The molecule has 37 heavy (non-hydrogen) atoms. The molecule has 9 heteroatoms. The minimum absolute atomic E-state index is 0.344. The summed E-state index contributed by atoms with van der Waals surface area (Å²) in [5.74, 6) is 0.948. The predicted octanol–water partition coefficient (Wildman–Crippen LogP) is 5.31. The van der Waals surface area contributed by atoms with Gasteiger partial charge in [0.1, 0.15) is 35.1 Å². The lowest BCUT2D eigenvalue weighted by molar-refractivity contribution is 0.261. The number of halogens is 1. The average Bonchev–Trinajstić information content (AvgIpc) is 3.52. The first-order valence-corrected chi connectivity index (χ1v) is 11.9. The van der Waals surface area contributed by atoms with Crippen molar-refractivity contribution in [1.29, 1.82) is 0 Å². The van der Waals surface area contributed by atoms with Crippen LogP contribution in [0, 0.1) is 5.82 Å². The van der Waals surface area contributed by atoms with E-state index in [1.165, 1.54) is 6.07 Å². The van der Waals surface area contributed by atoms with Crippen molar-refractivity contribution in [1.82, 2.24) is 35.0 Å². The first kappa shape index (κ1) is 22.8. The van der Waals surface area contributed by atoms with Gasteiger partial charge in [0.25, 0.3) is 0 Å². The van der Waals surface area contributed by atoms with Crippen LogP contribution in [0.25, 0.3) is 55.8 Å². The lowest BCUT2D eigenvalue weighted by Crippen LogP contribution is -2.19. The van der Waals surface area contributed by atoms with Gasteiger partial charge in [0.2, 0.25) is 0 Å². The molecule has 0 atom stereocenters. The molecule has 6 rings (SSSR count). The van der Waals surface area contributed by atoms with E-state index < -0.39 is 0 Å². The molecule has 0 aliphatic heterocycles. The maximum absolute atomic E-state index is 14.5. The maximum Gasteiger partial charge on any atom is 0.159 e. The van der Waals surface area contributed by atoms with Crippen molar-refractivity contribution >= 4 is 21.9 Å². The third-order valence-electron chi connectivity index (χ3n) is 6.17. The number of hydrogen-bond acceptors (Lipinski definition) is 6. The zero-order valence-electron chi connectivity index (χ0n) is 20.4. The van der Waals surface area contributed by atoms with Crippen LogP contribution in [0.1, 0.15) is 0 Å². The van der Waals surface area contributed by atoms with Gasteiger partial charge in [-0.2, -0.15) is 5.10 Å². The van der Waals surface area contributed by atoms with Crippen molar-refractivity contribution in [2.45, 2.75) is 0 Å². The maximum atomic E-state index is 14.5. The Morgan fingerprint density at radius 3 is 2.70 bits per heavy atom. The van der Waals surface area contributed by atoms with E-state index in [1.807, 2.05) is 44.6 Å². The average molecular weight is 494 g/mol. The smallest absolute Gasteiger partial charge is 0.159 e. The molecule has 0 unspecified atom stereocenters. The molecular weight excluding hydrogens is 469 g/mol. The summed E-state index contributed by atoms with van der Waals surface area (Å²) in [5.41, 5.74) is 5.68. The van der Waals surface area contributed by atoms with Gasteiger partial charge < -0.3 is 14.6 Å². The molecule has 0 bridgehead atoms. The Labute approximate surface area is 212 Å². The fourth-order valence-corrected chi connectivity index (χ4v) is 4.27. The van der Waals surface area contributed by atoms with Crippen LogP contribution in [-0.2, 0) is 0 Å². The summed E-state index contributed by atoms with van der Waals surface area (Å²) in [6, 6.07) is 16.4. The van der Waals surface area contributed by atoms with Crippen molar-refractivity contribution in [3.8, 4) is 39.7 Å². The van der Waals surface area contributed by atoms with Crippen molar-refractivity contribution in [2.75, 3.05) is 27.2 Å². The Morgan fingerprint density at radius 2 is 1.84 bits per heavy atom. The van der Waals surface area contributed by atoms with Crippen LogP contribution in [0.3, 0.4) is 0 Å². The number of imidazole rings is 1. The number of pyridine rings is 2. The molecule has 0 radical (unpaired) electrons. The number of aromatic amines is 2. The standard InChI is InChI=1S/C28H24FN7O/c1-36(2)11-12-37-19-13-18(15-30-16-19)17-7-8-23-21(14-17)26(35-34-23)28-32-24-9-10-31-25(27(24)33-28)20-5-3-4-6-22(20)29/h3-10,13-16H,11-12H2,1-2H3,(H,32,33)(H,34,35). The lowest BCUT2D eigenvalue weighted by Gasteiger charge is -2.11. The van der Waals surface area contributed by atoms with Crippen LogP contribution in [0.5, 0.6) is 5.75 Å². The second-order valence-corrected chi connectivity index (χ2v) is 9.01. The topological polar surface area (TPSA) is 95.6 Å². The molecule has 2 aromatic carbocycles. The molecule has 4 aromatic heterocycles. The van der Waals surface area contributed by atoms with E-state index in [2.05, 4.69) is 36.1 Å². The molecule has 4 heterocycles. The van der Waals surface area contributed by atoms with Crippen molar-refractivity contribution in [3.63, 3.8) is 0 Å². The summed E-state index contributed by atoms with van der Waals surface area (Å²) in [7, 11) is 4.02. The highest BCUT2D eigenvalue weighted by molar-refractivity contribution is 5.97. The van der Waals surface area contributed by atoms with Gasteiger partial charge in [0.15, 0.2) is 5.82 Å². The second kappa shape index (κ2) is 9.44. The van der Waals surface area contributed by atoms with Gasteiger partial charge in [-0.05, 0) is 56.1 Å². The van der Waals surface area contributed by atoms with E-state index in [1.54, 1.807) is 30.6 Å². The summed E-state index contributed by atoms with van der Waals surface area (Å²) in [5, 5.41) is 8.52. The number of nitrogens with one attached hydrogen (secondary N) is 2. The molecule has 2 N–H and O–H groups in total. The fraction of sp³-hybridized carbons (Fsp3) is 0.143. The summed E-state index contributed by atoms with van der Waals surface area (Å²) in [4.78, 5) is 19.0. The van der Waals surface area contributed by atoms with Crippen LogP contribution in [0.2, 0.25) is 0 Å². The fourth-order valence-electron chi connectivity index (χ4n) is 4.27. The Balaban J connectivity index is 1.39. The molecule has 0 saturated heterocycles. The van der Waals surface area contributed by atoms with Gasteiger partial charge in [-0.3, -0.25) is 15.1 Å². The lowest BCUT2D eigenvalue weighted by atomic mass is 10.0. The van der Waals surface area contributed by atoms with Crippen molar-refractivity contribution in [3.05, 3.63) is 79.0 Å². The SMILES string of the molecule is CN(C)CCOc1cncc(-c2ccc3[nH]nc(-c4nc5c(-c6ccccc6F)nccc5[nH]4)c3c2)c1. The normalized spacial score (nSPS) is 11.6. The highest BCUT2D eigenvalue weighted by atomic mass is 19.1. The molecule has 6 aromatic rings. The zero-order chi connectivity index (χ0) is 25.4. The van der Waals surface area contributed by atoms with E-state index in [0.717, 1.165) is 39.8 Å². The second-order valence-electron chi connectivity index (χ2n) is 9.01. The van der Waals surface area contributed by atoms with Gasteiger partial charge in [-0.1, -0.05) is 18.2 Å². The van der Waals surface area contributed by atoms with Crippen molar-refractivity contribution in [2.24, 2.45) is 0 Å².